The molecule has 0 saturated carbocycles. The zero-order valence-corrected chi connectivity index (χ0v) is 9.68. The number of hydrogen-bond acceptors (Lipinski definition) is 3. The second-order valence-corrected chi connectivity index (χ2v) is 3.99. The molecule has 3 N–H and O–H groups in total. The van der Waals surface area contributed by atoms with Crippen molar-refractivity contribution in [2.75, 3.05) is 11.9 Å². The van der Waals surface area contributed by atoms with Crippen LogP contribution in [0.25, 0.3) is 0 Å². The molecule has 2 aromatic rings. The van der Waals surface area contributed by atoms with Gasteiger partial charge in [-0.1, -0.05) is 18.2 Å². The third-order valence-electron chi connectivity index (χ3n) is 2.60. The Labute approximate surface area is 105 Å². The van der Waals surface area contributed by atoms with E-state index in [1.165, 1.54) is 12.1 Å². The Morgan fingerprint density at radius 3 is 2.44 bits per heavy atom. The SMILES string of the molecule is OCC(Nc1ccccc1)c1cc(O)cc(F)c1. The number of aliphatic hydroxyl groups excluding tert-OH is 1. The zero-order valence-electron chi connectivity index (χ0n) is 9.68. The molecule has 1 atom stereocenters. The van der Waals surface area contributed by atoms with Crippen LogP contribution in [0.4, 0.5) is 10.1 Å². The van der Waals surface area contributed by atoms with Gasteiger partial charge in [-0.25, -0.2) is 4.39 Å². The van der Waals surface area contributed by atoms with Gasteiger partial charge in [0.05, 0.1) is 12.6 Å². The maximum Gasteiger partial charge on any atom is 0.127 e. The van der Waals surface area contributed by atoms with Crippen LogP contribution in [0.5, 0.6) is 5.75 Å². The largest absolute Gasteiger partial charge is 0.508 e. The van der Waals surface area contributed by atoms with Crippen molar-refractivity contribution in [2.45, 2.75) is 6.04 Å². The molecule has 0 aliphatic rings. The molecule has 94 valence electrons. The molecule has 0 saturated heterocycles. The maximum absolute atomic E-state index is 13.2. The van der Waals surface area contributed by atoms with Gasteiger partial charge in [0.1, 0.15) is 11.6 Å². The van der Waals surface area contributed by atoms with Gasteiger partial charge < -0.3 is 15.5 Å². The smallest absolute Gasteiger partial charge is 0.127 e. The van der Waals surface area contributed by atoms with E-state index in [1.807, 2.05) is 30.3 Å². The molecule has 0 bridgehead atoms. The molecule has 0 spiro atoms. The van der Waals surface area contributed by atoms with Gasteiger partial charge in [-0.05, 0) is 29.8 Å². The van der Waals surface area contributed by atoms with Crippen LogP contribution in [0.2, 0.25) is 0 Å². The summed E-state index contributed by atoms with van der Waals surface area (Å²) in [6, 6.07) is 12.6. The van der Waals surface area contributed by atoms with E-state index >= 15 is 0 Å². The fraction of sp³-hybridized carbons (Fsp3) is 0.143. The lowest BCUT2D eigenvalue weighted by Gasteiger charge is -2.18. The Morgan fingerprint density at radius 2 is 1.83 bits per heavy atom. The molecule has 0 radical (unpaired) electrons. The molecule has 3 nitrogen and oxygen atoms in total. The van der Waals surface area contributed by atoms with Gasteiger partial charge in [0, 0.05) is 11.8 Å². The molecule has 2 aromatic carbocycles. The average molecular weight is 247 g/mol. The van der Waals surface area contributed by atoms with Gasteiger partial charge in [-0.2, -0.15) is 0 Å². The Bertz CT molecular complexity index is 496. The van der Waals surface area contributed by atoms with E-state index in [4.69, 9.17) is 0 Å². The zero-order chi connectivity index (χ0) is 13.0. The second-order valence-electron chi connectivity index (χ2n) is 3.99. The highest BCUT2D eigenvalue weighted by molar-refractivity contribution is 5.46. The molecular formula is C14H14FNO2. The summed E-state index contributed by atoms with van der Waals surface area (Å²) in [6.45, 7) is -0.197. The molecule has 0 aromatic heterocycles. The van der Waals surface area contributed by atoms with Crippen molar-refractivity contribution in [1.82, 2.24) is 0 Å². The third kappa shape index (κ3) is 2.99. The topological polar surface area (TPSA) is 52.5 Å². The van der Waals surface area contributed by atoms with E-state index in [0.29, 0.717) is 5.56 Å². The lowest BCUT2D eigenvalue weighted by Crippen LogP contribution is -2.14. The van der Waals surface area contributed by atoms with E-state index in [1.54, 1.807) is 0 Å². The van der Waals surface area contributed by atoms with Crippen LogP contribution in [0.1, 0.15) is 11.6 Å². The monoisotopic (exact) mass is 247 g/mol. The number of aromatic hydroxyl groups is 1. The number of halogens is 1. The summed E-state index contributed by atoms with van der Waals surface area (Å²) in [5.74, 6) is -0.684. The van der Waals surface area contributed by atoms with Crippen molar-refractivity contribution in [1.29, 1.82) is 0 Å². The van der Waals surface area contributed by atoms with Crippen molar-refractivity contribution in [2.24, 2.45) is 0 Å². The molecule has 1 unspecified atom stereocenters. The lowest BCUT2D eigenvalue weighted by molar-refractivity contribution is 0.276. The maximum atomic E-state index is 13.2. The highest BCUT2D eigenvalue weighted by atomic mass is 19.1. The Hall–Kier alpha value is -2.07. The highest BCUT2D eigenvalue weighted by Crippen LogP contribution is 2.23. The van der Waals surface area contributed by atoms with Gasteiger partial charge in [-0.3, -0.25) is 0 Å². The fourth-order valence-corrected chi connectivity index (χ4v) is 1.77. The summed E-state index contributed by atoms with van der Waals surface area (Å²) >= 11 is 0. The number of aliphatic hydroxyl groups is 1. The molecule has 0 fully saturated rings. The minimum atomic E-state index is -0.529. The van der Waals surface area contributed by atoms with E-state index in [-0.39, 0.29) is 12.4 Å². The lowest BCUT2D eigenvalue weighted by atomic mass is 10.1. The highest BCUT2D eigenvalue weighted by Gasteiger charge is 2.12. The summed E-state index contributed by atoms with van der Waals surface area (Å²) < 4.78 is 13.2. The molecule has 0 amide bonds. The summed E-state index contributed by atoms with van der Waals surface area (Å²) in [7, 11) is 0. The molecule has 0 aliphatic carbocycles. The predicted molar refractivity (Wildman–Crippen MR) is 68.0 cm³/mol. The standard InChI is InChI=1S/C14H14FNO2/c15-11-6-10(7-13(18)8-11)14(9-17)16-12-4-2-1-3-5-12/h1-8,14,16-18H,9H2. The number of phenols is 1. The number of phenolic OH excluding ortho intramolecular Hbond substituents is 1. The predicted octanol–water partition coefficient (Wildman–Crippen LogP) is 2.68. The van der Waals surface area contributed by atoms with E-state index in [0.717, 1.165) is 11.8 Å². The quantitative estimate of drug-likeness (QED) is 0.778. The van der Waals surface area contributed by atoms with Gasteiger partial charge >= 0.3 is 0 Å². The van der Waals surface area contributed by atoms with Crippen LogP contribution in [-0.2, 0) is 0 Å². The van der Waals surface area contributed by atoms with Crippen molar-refractivity contribution in [3.8, 4) is 5.75 Å². The van der Waals surface area contributed by atoms with Crippen LogP contribution in [0.15, 0.2) is 48.5 Å². The van der Waals surface area contributed by atoms with Crippen molar-refractivity contribution >= 4 is 5.69 Å². The van der Waals surface area contributed by atoms with Gasteiger partial charge in [-0.15, -0.1) is 0 Å². The Balaban J connectivity index is 2.23. The Morgan fingerprint density at radius 1 is 1.11 bits per heavy atom. The van der Waals surface area contributed by atoms with E-state index in [2.05, 4.69) is 5.32 Å². The molecule has 0 aliphatic heterocycles. The number of anilines is 1. The van der Waals surface area contributed by atoms with Crippen molar-refractivity contribution in [3.63, 3.8) is 0 Å². The minimum absolute atomic E-state index is 0.154. The van der Waals surface area contributed by atoms with Crippen LogP contribution >= 0.6 is 0 Å². The van der Waals surface area contributed by atoms with Gasteiger partial charge in [0.2, 0.25) is 0 Å². The number of nitrogens with one attached hydrogen (secondary N) is 1. The number of rotatable bonds is 4. The summed E-state index contributed by atoms with van der Waals surface area (Å²) in [5.41, 5.74) is 1.32. The van der Waals surface area contributed by atoms with Crippen LogP contribution in [0, 0.1) is 5.82 Å². The van der Waals surface area contributed by atoms with E-state index in [9.17, 15) is 14.6 Å². The van der Waals surface area contributed by atoms with Crippen LogP contribution in [0.3, 0.4) is 0 Å². The van der Waals surface area contributed by atoms with Crippen LogP contribution < -0.4 is 5.32 Å². The molecule has 2 rings (SSSR count). The number of hydrogen-bond donors (Lipinski definition) is 3. The summed E-state index contributed by atoms with van der Waals surface area (Å²) in [4.78, 5) is 0. The molecule has 18 heavy (non-hydrogen) atoms. The first-order chi connectivity index (χ1) is 8.69. The van der Waals surface area contributed by atoms with Crippen molar-refractivity contribution < 1.29 is 14.6 Å². The van der Waals surface area contributed by atoms with Crippen molar-refractivity contribution in [3.05, 3.63) is 59.9 Å². The average Bonchev–Trinajstić information content (AvgIpc) is 2.36. The summed E-state index contributed by atoms with van der Waals surface area (Å²) in [5, 5.41) is 21.8. The first-order valence-electron chi connectivity index (χ1n) is 5.61. The normalized spacial score (nSPS) is 12.1. The molecule has 0 heterocycles. The third-order valence-corrected chi connectivity index (χ3v) is 2.60. The summed E-state index contributed by atoms with van der Waals surface area (Å²) in [6.07, 6.45) is 0. The fourth-order valence-electron chi connectivity index (χ4n) is 1.77. The second kappa shape index (κ2) is 5.51. The van der Waals surface area contributed by atoms with Gasteiger partial charge in [0.25, 0.3) is 0 Å². The first-order valence-corrected chi connectivity index (χ1v) is 5.61. The first kappa shape index (κ1) is 12.4. The number of para-hydroxylation sites is 1. The van der Waals surface area contributed by atoms with Crippen LogP contribution in [-0.4, -0.2) is 16.8 Å². The Kier molecular flexibility index (Phi) is 3.79. The minimum Gasteiger partial charge on any atom is -0.508 e. The molecule has 4 heteroatoms. The van der Waals surface area contributed by atoms with Gasteiger partial charge in [0.15, 0.2) is 0 Å². The van der Waals surface area contributed by atoms with E-state index < -0.39 is 11.9 Å². The molecular weight excluding hydrogens is 233 g/mol. The number of benzene rings is 2.